The van der Waals surface area contributed by atoms with Gasteiger partial charge in [-0.15, -0.1) is 0 Å². The van der Waals surface area contributed by atoms with Gasteiger partial charge in [-0.05, 0) is 49.7 Å². The average Bonchev–Trinajstić information content (AvgIpc) is 2.98. The Morgan fingerprint density at radius 3 is 2.52 bits per heavy atom. The van der Waals surface area contributed by atoms with Crippen LogP contribution < -0.4 is 10.2 Å². The molecule has 0 radical (unpaired) electrons. The maximum Gasteiger partial charge on any atom is 0.251 e. The van der Waals surface area contributed by atoms with Crippen LogP contribution >= 0.6 is 11.8 Å². The lowest BCUT2D eigenvalue weighted by atomic mass is 10.1. The van der Waals surface area contributed by atoms with Gasteiger partial charge in [0, 0.05) is 52.0 Å². The predicted molar refractivity (Wildman–Crippen MR) is 130 cm³/mol. The number of amides is 1. The van der Waals surface area contributed by atoms with Crippen molar-refractivity contribution in [2.45, 2.75) is 30.1 Å². The molecule has 4 rings (SSSR count). The lowest BCUT2D eigenvalue weighted by Gasteiger charge is -2.23. The lowest BCUT2D eigenvalue weighted by molar-refractivity contribution is 0.0954. The molecule has 158 valence electrons. The van der Waals surface area contributed by atoms with E-state index < -0.39 is 0 Å². The summed E-state index contributed by atoms with van der Waals surface area (Å²) in [5, 5.41) is 3.06. The normalized spacial score (nSPS) is 12.3. The third kappa shape index (κ3) is 4.83. The number of hydrogen-bond donors (Lipinski definition) is 1. The minimum absolute atomic E-state index is 0.0630. The predicted octanol–water partition coefficient (Wildman–Crippen LogP) is 5.94. The Bertz CT molecular complexity index is 1090. The van der Waals surface area contributed by atoms with Crippen LogP contribution in [0.4, 0.5) is 11.4 Å². The molecule has 0 aliphatic carbocycles. The summed E-state index contributed by atoms with van der Waals surface area (Å²) in [5.41, 5.74) is 4.92. The van der Waals surface area contributed by atoms with Crippen molar-refractivity contribution in [3.8, 4) is 0 Å². The summed E-state index contributed by atoms with van der Waals surface area (Å²) in [6.45, 7) is 6.49. The van der Waals surface area contributed by atoms with Crippen LogP contribution in [0.15, 0.2) is 87.6 Å². The van der Waals surface area contributed by atoms with E-state index in [4.69, 9.17) is 4.99 Å². The van der Waals surface area contributed by atoms with Crippen molar-refractivity contribution in [1.29, 1.82) is 0 Å². The van der Waals surface area contributed by atoms with Gasteiger partial charge in [0.15, 0.2) is 0 Å². The topological polar surface area (TPSA) is 44.7 Å². The van der Waals surface area contributed by atoms with E-state index in [2.05, 4.69) is 60.5 Å². The van der Waals surface area contributed by atoms with Crippen molar-refractivity contribution in [2.75, 3.05) is 24.5 Å². The van der Waals surface area contributed by atoms with Gasteiger partial charge in [0.05, 0.1) is 5.69 Å². The molecule has 0 unspecified atom stereocenters. The zero-order valence-corrected chi connectivity index (χ0v) is 18.8. The highest BCUT2D eigenvalue weighted by Gasteiger charge is 2.18. The van der Waals surface area contributed by atoms with Crippen molar-refractivity contribution < 1.29 is 4.79 Å². The van der Waals surface area contributed by atoms with Crippen LogP contribution in [0, 0.1) is 0 Å². The fourth-order valence-electron chi connectivity index (χ4n) is 3.73. The number of rotatable bonds is 7. The SMILES string of the molecule is CCC1=Nc2cc(C(=O)NCCN(CC)c3ccccc3)ccc2Sc2ccccc21. The number of aliphatic imine (C=N–C) groups is 1. The summed E-state index contributed by atoms with van der Waals surface area (Å²) in [5.74, 6) is -0.0630. The minimum Gasteiger partial charge on any atom is -0.370 e. The van der Waals surface area contributed by atoms with E-state index in [0.29, 0.717) is 12.1 Å². The highest BCUT2D eigenvalue weighted by molar-refractivity contribution is 7.99. The Morgan fingerprint density at radius 2 is 1.74 bits per heavy atom. The van der Waals surface area contributed by atoms with E-state index >= 15 is 0 Å². The molecule has 4 nitrogen and oxygen atoms in total. The maximum absolute atomic E-state index is 12.8. The van der Waals surface area contributed by atoms with Crippen LogP contribution in [-0.2, 0) is 0 Å². The quantitative estimate of drug-likeness (QED) is 0.506. The highest BCUT2D eigenvalue weighted by atomic mass is 32.2. The van der Waals surface area contributed by atoms with Crippen LogP contribution in [0.1, 0.15) is 36.2 Å². The fourth-order valence-corrected chi connectivity index (χ4v) is 4.76. The standard InChI is InChI=1S/C26H27N3OS/c1-3-22-21-12-8-9-13-24(21)31-25-15-14-19(18-23(25)28-22)26(30)27-16-17-29(4-2)20-10-6-5-7-11-20/h5-15,18H,3-4,16-17H2,1-2H3,(H,27,30). The Labute approximate surface area is 188 Å². The second kappa shape index (κ2) is 9.84. The van der Waals surface area contributed by atoms with Gasteiger partial charge in [-0.25, -0.2) is 0 Å². The van der Waals surface area contributed by atoms with Crippen LogP contribution in [-0.4, -0.2) is 31.3 Å². The summed E-state index contributed by atoms with van der Waals surface area (Å²) >= 11 is 1.71. The summed E-state index contributed by atoms with van der Waals surface area (Å²) in [4.78, 5) is 22.3. The molecule has 1 aliphatic rings. The molecular weight excluding hydrogens is 402 g/mol. The number of carbonyl (C=O) groups is 1. The molecule has 1 aliphatic heterocycles. The third-order valence-corrected chi connectivity index (χ3v) is 6.54. The largest absolute Gasteiger partial charge is 0.370 e. The summed E-state index contributed by atoms with van der Waals surface area (Å²) in [6.07, 6.45) is 0.847. The molecule has 0 spiro atoms. The van der Waals surface area contributed by atoms with Crippen molar-refractivity contribution >= 4 is 34.8 Å². The van der Waals surface area contributed by atoms with E-state index in [-0.39, 0.29) is 5.91 Å². The van der Waals surface area contributed by atoms with Gasteiger partial charge < -0.3 is 10.2 Å². The number of anilines is 1. The van der Waals surface area contributed by atoms with Crippen LogP contribution in [0.5, 0.6) is 0 Å². The lowest BCUT2D eigenvalue weighted by Crippen LogP contribution is -2.34. The number of nitrogens with one attached hydrogen (secondary N) is 1. The molecular formula is C26H27N3OS. The molecule has 0 saturated heterocycles. The Morgan fingerprint density at radius 1 is 0.968 bits per heavy atom. The van der Waals surface area contributed by atoms with Crippen LogP contribution in [0.3, 0.4) is 0 Å². The number of benzene rings is 3. The molecule has 1 N–H and O–H groups in total. The molecule has 0 bridgehead atoms. The van der Waals surface area contributed by atoms with Crippen molar-refractivity contribution in [3.05, 3.63) is 83.9 Å². The van der Waals surface area contributed by atoms with Gasteiger partial charge in [-0.1, -0.05) is 55.1 Å². The van der Waals surface area contributed by atoms with E-state index in [1.807, 2.05) is 36.4 Å². The van der Waals surface area contributed by atoms with Gasteiger partial charge >= 0.3 is 0 Å². The molecule has 3 aromatic carbocycles. The summed E-state index contributed by atoms with van der Waals surface area (Å²) in [7, 11) is 0. The molecule has 0 aromatic heterocycles. The first-order valence-corrected chi connectivity index (χ1v) is 11.6. The van der Waals surface area contributed by atoms with Crippen molar-refractivity contribution in [3.63, 3.8) is 0 Å². The van der Waals surface area contributed by atoms with Gasteiger partial charge in [0.1, 0.15) is 0 Å². The monoisotopic (exact) mass is 429 g/mol. The number of likely N-dealkylation sites (N-methyl/N-ethyl adjacent to an activating group) is 1. The zero-order chi connectivity index (χ0) is 21.6. The van der Waals surface area contributed by atoms with Crippen molar-refractivity contribution in [2.24, 2.45) is 4.99 Å². The molecule has 0 atom stereocenters. The van der Waals surface area contributed by atoms with E-state index in [0.717, 1.165) is 35.8 Å². The first-order chi connectivity index (χ1) is 15.2. The van der Waals surface area contributed by atoms with Crippen LogP contribution in [0.25, 0.3) is 0 Å². The molecule has 5 heteroatoms. The van der Waals surface area contributed by atoms with Gasteiger partial charge in [0.25, 0.3) is 5.91 Å². The molecule has 0 fully saturated rings. The summed E-state index contributed by atoms with van der Waals surface area (Å²) < 4.78 is 0. The fraction of sp³-hybridized carbons (Fsp3) is 0.231. The van der Waals surface area contributed by atoms with Crippen molar-refractivity contribution in [1.82, 2.24) is 5.32 Å². The molecule has 31 heavy (non-hydrogen) atoms. The van der Waals surface area contributed by atoms with Crippen LogP contribution in [0.2, 0.25) is 0 Å². The smallest absolute Gasteiger partial charge is 0.251 e. The second-order valence-corrected chi connectivity index (χ2v) is 8.45. The first kappa shape index (κ1) is 21.2. The van der Waals surface area contributed by atoms with E-state index in [9.17, 15) is 4.79 Å². The Hall–Kier alpha value is -3.05. The van der Waals surface area contributed by atoms with E-state index in [1.165, 1.54) is 16.1 Å². The highest BCUT2D eigenvalue weighted by Crippen LogP contribution is 2.41. The number of hydrogen-bond acceptors (Lipinski definition) is 4. The number of nitrogens with zero attached hydrogens (tertiary/aromatic N) is 2. The maximum atomic E-state index is 12.8. The molecule has 1 amide bonds. The zero-order valence-electron chi connectivity index (χ0n) is 18.0. The van der Waals surface area contributed by atoms with Gasteiger partial charge in [-0.3, -0.25) is 9.79 Å². The molecule has 0 saturated carbocycles. The Balaban J connectivity index is 1.47. The Kier molecular flexibility index (Phi) is 6.73. The van der Waals surface area contributed by atoms with Gasteiger partial charge in [-0.2, -0.15) is 0 Å². The third-order valence-electron chi connectivity index (χ3n) is 5.40. The van der Waals surface area contributed by atoms with Gasteiger partial charge in [0.2, 0.25) is 0 Å². The first-order valence-electron chi connectivity index (χ1n) is 10.8. The number of carbonyl (C=O) groups excluding carboxylic acids is 1. The minimum atomic E-state index is -0.0630. The molecule has 1 heterocycles. The second-order valence-electron chi connectivity index (χ2n) is 7.36. The summed E-state index contributed by atoms with van der Waals surface area (Å²) in [6, 6.07) is 24.4. The molecule has 3 aromatic rings. The average molecular weight is 430 g/mol. The number of para-hydroxylation sites is 1. The van der Waals surface area contributed by atoms with E-state index in [1.54, 1.807) is 11.8 Å². The number of fused-ring (bicyclic) bond motifs is 2.